The van der Waals surface area contributed by atoms with E-state index in [1.54, 1.807) is 24.3 Å². The van der Waals surface area contributed by atoms with Crippen molar-refractivity contribution in [2.45, 2.75) is 36.7 Å². The van der Waals surface area contributed by atoms with E-state index in [0.29, 0.717) is 56.2 Å². The van der Waals surface area contributed by atoms with Gasteiger partial charge in [-0.05, 0) is 66.3 Å². The number of sulfonamides is 1. The number of carbonyl (C=O) groups is 1. The molecule has 1 fully saturated rings. The van der Waals surface area contributed by atoms with Crippen LogP contribution in [0.15, 0.2) is 102 Å². The summed E-state index contributed by atoms with van der Waals surface area (Å²) in [7, 11) is -4.01. The number of halogens is 1. The van der Waals surface area contributed by atoms with Crippen molar-refractivity contribution < 1.29 is 17.6 Å². The van der Waals surface area contributed by atoms with Gasteiger partial charge in [0, 0.05) is 44.5 Å². The predicted octanol–water partition coefficient (Wildman–Crippen LogP) is 5.83. The number of benzene rings is 4. The second-order valence-corrected chi connectivity index (χ2v) is 12.8. The van der Waals surface area contributed by atoms with Crippen molar-refractivity contribution in [3.63, 3.8) is 0 Å². The van der Waals surface area contributed by atoms with Crippen LogP contribution in [0.4, 0.5) is 26.2 Å². The molecule has 0 aromatic heterocycles. The number of amides is 2. The quantitative estimate of drug-likeness (QED) is 0.233. The molecule has 3 N–H and O–H groups in total. The van der Waals surface area contributed by atoms with E-state index < -0.39 is 16.1 Å². The minimum atomic E-state index is -4.01. The Morgan fingerprint density at radius 3 is 2.27 bits per heavy atom. The Kier molecular flexibility index (Phi) is 8.81. The van der Waals surface area contributed by atoms with Gasteiger partial charge in [0.1, 0.15) is 10.7 Å². The maximum Gasteiger partial charge on any atom is 0.319 e. The van der Waals surface area contributed by atoms with Gasteiger partial charge in [0.15, 0.2) is 0 Å². The second kappa shape index (κ2) is 13.1. The fourth-order valence-corrected chi connectivity index (χ4v) is 7.55. The van der Waals surface area contributed by atoms with Gasteiger partial charge in [-0.2, -0.15) is 0 Å². The zero-order chi connectivity index (χ0) is 30.5. The van der Waals surface area contributed by atoms with Crippen molar-refractivity contribution in [1.82, 2.24) is 10.0 Å². The van der Waals surface area contributed by atoms with Crippen LogP contribution in [0, 0.1) is 5.82 Å². The molecule has 0 saturated carbocycles. The predicted molar refractivity (Wildman–Crippen MR) is 172 cm³/mol. The first kappa shape index (κ1) is 29.7. The van der Waals surface area contributed by atoms with Crippen molar-refractivity contribution >= 4 is 33.1 Å². The number of para-hydroxylation sites is 1. The van der Waals surface area contributed by atoms with E-state index in [2.05, 4.69) is 21.4 Å². The fourth-order valence-electron chi connectivity index (χ4n) is 6.05. The largest absolute Gasteiger partial charge is 0.367 e. The number of hydrogen-bond acceptors (Lipinski definition) is 5. The van der Waals surface area contributed by atoms with Crippen LogP contribution in [0.2, 0.25) is 0 Å². The van der Waals surface area contributed by atoms with Gasteiger partial charge >= 0.3 is 6.03 Å². The average molecular weight is 614 g/mol. The van der Waals surface area contributed by atoms with Gasteiger partial charge in [-0.3, -0.25) is 0 Å². The first-order valence-corrected chi connectivity index (χ1v) is 16.4. The molecule has 4 aromatic carbocycles. The number of carbonyl (C=O) groups excluding carboxylic acids is 1. The molecule has 1 aliphatic carbocycles. The van der Waals surface area contributed by atoms with Crippen LogP contribution in [0.25, 0.3) is 0 Å². The number of fused-ring (bicyclic) bond motifs is 1. The van der Waals surface area contributed by atoms with Crippen LogP contribution in [0.5, 0.6) is 0 Å². The van der Waals surface area contributed by atoms with E-state index in [1.807, 2.05) is 64.4 Å². The van der Waals surface area contributed by atoms with E-state index in [0.717, 1.165) is 29.5 Å². The summed E-state index contributed by atoms with van der Waals surface area (Å²) in [5.41, 5.74) is 4.56. The molecule has 0 spiro atoms. The number of rotatable bonds is 8. The minimum Gasteiger partial charge on any atom is -0.367 e. The van der Waals surface area contributed by atoms with Crippen LogP contribution in [-0.2, 0) is 23.0 Å². The first-order chi connectivity index (χ1) is 21.4. The van der Waals surface area contributed by atoms with Crippen molar-refractivity contribution in [1.29, 1.82) is 0 Å². The first-order valence-electron chi connectivity index (χ1n) is 14.9. The molecule has 1 unspecified atom stereocenters. The molecule has 1 saturated heterocycles. The normalized spacial score (nSPS) is 16.7. The molecule has 2 amide bonds. The Morgan fingerprint density at radius 2 is 1.50 bits per heavy atom. The lowest BCUT2D eigenvalue weighted by molar-refractivity contribution is 0.251. The highest BCUT2D eigenvalue weighted by Crippen LogP contribution is 2.34. The van der Waals surface area contributed by atoms with E-state index >= 15 is 0 Å². The summed E-state index contributed by atoms with van der Waals surface area (Å²) in [6, 6.07) is 28.4. The zero-order valence-corrected chi connectivity index (χ0v) is 25.2. The van der Waals surface area contributed by atoms with Gasteiger partial charge in [0.2, 0.25) is 10.0 Å². The van der Waals surface area contributed by atoms with Crippen molar-refractivity contribution in [3.8, 4) is 0 Å². The number of nitrogens with one attached hydrogen (secondary N) is 3. The van der Waals surface area contributed by atoms with Crippen LogP contribution in [0.3, 0.4) is 0 Å². The molecule has 0 bridgehead atoms. The summed E-state index contributed by atoms with van der Waals surface area (Å²) in [6.07, 6.45) is 2.51. The van der Waals surface area contributed by atoms with E-state index in [1.165, 1.54) is 12.1 Å². The second-order valence-electron chi connectivity index (χ2n) is 11.2. The van der Waals surface area contributed by atoms with Gasteiger partial charge < -0.3 is 20.4 Å². The third kappa shape index (κ3) is 6.71. The lowest BCUT2D eigenvalue weighted by Gasteiger charge is -2.38. The third-order valence-electron chi connectivity index (χ3n) is 8.28. The molecule has 1 heterocycles. The molecule has 4 aromatic rings. The lowest BCUT2D eigenvalue weighted by atomic mass is 9.88. The summed E-state index contributed by atoms with van der Waals surface area (Å²) < 4.78 is 45.7. The Labute approximate surface area is 257 Å². The number of anilines is 3. The summed E-state index contributed by atoms with van der Waals surface area (Å²) in [5, 5.41) is 5.62. The lowest BCUT2D eigenvalue weighted by Crippen LogP contribution is -2.47. The summed E-state index contributed by atoms with van der Waals surface area (Å²) in [5.74, 6) is -0.276. The summed E-state index contributed by atoms with van der Waals surface area (Å²) in [4.78, 5) is 16.8. The molecular formula is C34H36FN5O3S. The van der Waals surface area contributed by atoms with Crippen molar-refractivity contribution in [2.24, 2.45) is 0 Å². The summed E-state index contributed by atoms with van der Waals surface area (Å²) in [6.45, 7) is 2.42. The van der Waals surface area contributed by atoms with Gasteiger partial charge in [-0.25, -0.2) is 22.3 Å². The van der Waals surface area contributed by atoms with Gasteiger partial charge in [-0.15, -0.1) is 0 Å². The Hall–Kier alpha value is -4.41. The third-order valence-corrected chi connectivity index (χ3v) is 9.78. The maximum atomic E-state index is 14.5. The standard InChI is InChI=1S/C34H36FN5O3S/c35-29-14-6-7-16-31(29)39-19-21-40(22-20-39)32-18-17-27(37-34(41)36-24-25-9-2-1-3-10-25)23-33(32)44(42,43)38-30-15-8-12-26-11-4-5-13-28(26)30/h1-7,9-11,13-14,16-18,23,30,38H,8,12,15,19-22,24H2,(H2,36,37,41). The van der Waals surface area contributed by atoms with E-state index in [4.69, 9.17) is 0 Å². The number of piperazine rings is 1. The number of aryl methyl sites for hydroxylation is 1. The Morgan fingerprint density at radius 1 is 0.818 bits per heavy atom. The zero-order valence-electron chi connectivity index (χ0n) is 24.4. The maximum absolute atomic E-state index is 14.5. The van der Waals surface area contributed by atoms with Gasteiger partial charge in [0.05, 0.1) is 11.4 Å². The highest BCUT2D eigenvalue weighted by atomic mass is 32.2. The number of nitrogens with zero attached hydrogens (tertiary/aromatic N) is 2. The molecule has 8 nitrogen and oxygen atoms in total. The molecule has 1 aliphatic heterocycles. The highest BCUT2D eigenvalue weighted by Gasteiger charge is 2.30. The fraction of sp³-hybridized carbons (Fsp3) is 0.265. The monoisotopic (exact) mass is 613 g/mol. The SMILES string of the molecule is O=C(NCc1ccccc1)Nc1ccc(N2CCN(c3ccccc3F)CC2)c(S(=O)(=O)NC2CCCc3ccccc32)c1. The van der Waals surface area contributed by atoms with Gasteiger partial charge in [0.25, 0.3) is 0 Å². The van der Waals surface area contributed by atoms with Crippen molar-refractivity contribution in [3.05, 3.63) is 120 Å². The van der Waals surface area contributed by atoms with E-state index in [9.17, 15) is 17.6 Å². The molecule has 2 aliphatic rings. The smallest absolute Gasteiger partial charge is 0.319 e. The summed E-state index contributed by atoms with van der Waals surface area (Å²) >= 11 is 0. The van der Waals surface area contributed by atoms with Crippen molar-refractivity contribution in [2.75, 3.05) is 41.3 Å². The van der Waals surface area contributed by atoms with Crippen LogP contribution < -0.4 is 25.2 Å². The molecule has 10 heteroatoms. The minimum absolute atomic E-state index is 0.0979. The average Bonchev–Trinajstić information content (AvgIpc) is 3.05. The number of hydrogen-bond donors (Lipinski definition) is 3. The molecule has 0 radical (unpaired) electrons. The van der Waals surface area contributed by atoms with Gasteiger partial charge in [-0.1, -0.05) is 66.7 Å². The van der Waals surface area contributed by atoms with Crippen LogP contribution in [-0.4, -0.2) is 40.6 Å². The molecule has 228 valence electrons. The topological polar surface area (TPSA) is 93.8 Å². The van der Waals surface area contributed by atoms with Crippen LogP contribution >= 0.6 is 0 Å². The molecular weight excluding hydrogens is 577 g/mol. The number of urea groups is 1. The Balaban J connectivity index is 1.25. The molecule has 1 atom stereocenters. The molecule has 6 rings (SSSR count). The van der Waals surface area contributed by atoms with Crippen LogP contribution in [0.1, 0.15) is 35.6 Å². The Bertz CT molecular complexity index is 1730. The molecule has 44 heavy (non-hydrogen) atoms. The highest BCUT2D eigenvalue weighted by molar-refractivity contribution is 7.89. The van der Waals surface area contributed by atoms with E-state index in [-0.39, 0.29) is 16.8 Å².